The first-order valence-corrected chi connectivity index (χ1v) is 15.0. The monoisotopic (exact) mass is 682 g/mol. The molecule has 3 amide bonds. The predicted octanol–water partition coefficient (Wildman–Crippen LogP) is -1.40. The molecule has 0 saturated carbocycles. The highest BCUT2D eigenvalue weighted by Crippen LogP contribution is 2.12. The van der Waals surface area contributed by atoms with Crippen molar-refractivity contribution in [3.8, 4) is 0 Å². The van der Waals surface area contributed by atoms with E-state index in [0.717, 1.165) is 0 Å². The summed E-state index contributed by atoms with van der Waals surface area (Å²) in [6, 6.07) is 2.77. The van der Waals surface area contributed by atoms with E-state index in [1.165, 1.54) is 18.3 Å². The lowest BCUT2D eigenvalue weighted by Gasteiger charge is -2.21. The molecule has 0 saturated heterocycles. The minimum Gasteiger partial charge on any atom is -0.481 e. The second kappa shape index (κ2) is 17.5. The van der Waals surface area contributed by atoms with E-state index < -0.39 is 60.1 Å². The van der Waals surface area contributed by atoms with Crippen molar-refractivity contribution in [2.24, 2.45) is 5.73 Å². The van der Waals surface area contributed by atoms with Crippen LogP contribution >= 0.6 is 0 Å². The van der Waals surface area contributed by atoms with E-state index >= 15 is 0 Å². The number of hydrogen-bond acceptors (Lipinski definition) is 12. The molecule has 0 aliphatic carbocycles. The standard InChI is InChI=1S/C29H38N12O8/c1-14(3-2-10-33-28(30)31)36-25(46)19(11-21(43)44)38-20(42)9-8-18(27(48)49)39-24(45)15-4-6-16(7-5-15)34-12-17-13-35-23-22(37-17)26(47)41-29(32)40-23/h4-7,13-14,18-19,34H,2-3,8-12H2,1H3,(H,36,46)(H,38,42)(H,39,45)(H,43,44)(H,48,49)(H4,30,31,33)(H3,32,35,40,41,47)/t14-,18+,19+/m1/s1. The van der Waals surface area contributed by atoms with Crippen molar-refractivity contribution in [1.29, 1.82) is 5.41 Å². The van der Waals surface area contributed by atoms with E-state index in [-0.39, 0.29) is 47.6 Å². The molecule has 2 heterocycles. The van der Waals surface area contributed by atoms with Crippen LogP contribution in [0.25, 0.3) is 11.2 Å². The summed E-state index contributed by atoms with van der Waals surface area (Å²) < 4.78 is 0. The Morgan fingerprint density at radius 3 is 2.37 bits per heavy atom. The van der Waals surface area contributed by atoms with E-state index in [1.54, 1.807) is 19.1 Å². The number of carboxylic acid groups (broad SMARTS) is 2. The van der Waals surface area contributed by atoms with Crippen LogP contribution in [0.1, 0.15) is 55.1 Å². The third kappa shape index (κ3) is 12.1. The number of aromatic nitrogens is 4. The Morgan fingerprint density at radius 2 is 1.71 bits per heavy atom. The topological polar surface area (TPSA) is 333 Å². The second-order valence-corrected chi connectivity index (χ2v) is 10.9. The molecular weight excluding hydrogens is 644 g/mol. The number of guanidine groups is 1. The first-order valence-electron chi connectivity index (χ1n) is 15.0. The summed E-state index contributed by atoms with van der Waals surface area (Å²) in [5, 5.41) is 39.0. The van der Waals surface area contributed by atoms with Gasteiger partial charge in [0.25, 0.3) is 11.5 Å². The van der Waals surface area contributed by atoms with Gasteiger partial charge in [0, 0.05) is 30.3 Å². The van der Waals surface area contributed by atoms with Crippen LogP contribution in [-0.2, 0) is 25.7 Å². The van der Waals surface area contributed by atoms with E-state index in [9.17, 15) is 39.0 Å². The molecule has 0 unspecified atom stereocenters. The maximum absolute atomic E-state index is 12.8. The highest BCUT2D eigenvalue weighted by molar-refractivity contribution is 5.97. The number of aromatic amines is 1. The number of rotatable bonds is 18. The molecule has 0 spiro atoms. The maximum Gasteiger partial charge on any atom is 0.326 e. The minimum absolute atomic E-state index is 0.0222. The Balaban J connectivity index is 1.51. The number of aliphatic carboxylic acids is 2. The molecule has 2 aromatic heterocycles. The van der Waals surface area contributed by atoms with E-state index in [1.807, 2.05) is 0 Å². The first kappa shape index (κ1) is 37.1. The number of nitrogens with one attached hydrogen (secondary N) is 7. The lowest BCUT2D eigenvalue weighted by Crippen LogP contribution is -2.50. The van der Waals surface area contributed by atoms with Gasteiger partial charge in [-0.3, -0.25) is 34.4 Å². The van der Waals surface area contributed by atoms with Crippen LogP contribution in [0, 0.1) is 5.41 Å². The number of anilines is 2. The van der Waals surface area contributed by atoms with Crippen molar-refractivity contribution >= 4 is 58.4 Å². The summed E-state index contributed by atoms with van der Waals surface area (Å²) in [4.78, 5) is 87.9. The summed E-state index contributed by atoms with van der Waals surface area (Å²) in [6.07, 6.45) is 0.992. The van der Waals surface area contributed by atoms with E-state index in [4.69, 9.17) is 16.9 Å². The number of carbonyl (C=O) groups is 5. The fourth-order valence-corrected chi connectivity index (χ4v) is 4.46. The molecular formula is C29H38N12O8. The number of nitrogen functional groups attached to an aromatic ring is 1. The Hall–Kier alpha value is -6.34. The van der Waals surface area contributed by atoms with Crippen LogP contribution in [0.4, 0.5) is 11.6 Å². The van der Waals surface area contributed by atoms with Gasteiger partial charge < -0.3 is 48.3 Å². The molecule has 0 radical (unpaired) electrons. The molecule has 0 aliphatic heterocycles. The molecule has 3 rings (SSSR count). The Kier molecular flexibility index (Phi) is 13.3. The first-order chi connectivity index (χ1) is 23.2. The van der Waals surface area contributed by atoms with Crippen LogP contribution in [-0.4, -0.2) is 90.4 Å². The number of carboxylic acids is 2. The van der Waals surface area contributed by atoms with Gasteiger partial charge in [-0.2, -0.15) is 4.98 Å². The van der Waals surface area contributed by atoms with Crippen LogP contribution in [0.5, 0.6) is 0 Å². The van der Waals surface area contributed by atoms with Crippen molar-refractivity contribution < 1.29 is 34.2 Å². The number of H-pyrrole nitrogens is 1. The SMILES string of the molecule is C[C@H](CCCNC(=N)N)NC(=O)[C@H](CC(=O)O)NC(=O)CC[C@H](NC(=O)c1ccc(NCc2cnc3nc(N)[nH]c(=O)c3n2)cc1)C(=O)O. The quantitative estimate of drug-likeness (QED) is 0.0417. The van der Waals surface area contributed by atoms with Crippen LogP contribution in [0.15, 0.2) is 35.3 Å². The molecule has 0 fully saturated rings. The summed E-state index contributed by atoms with van der Waals surface area (Å²) >= 11 is 0. The average molecular weight is 683 g/mol. The molecule has 0 bridgehead atoms. The van der Waals surface area contributed by atoms with Gasteiger partial charge in [0.15, 0.2) is 17.1 Å². The van der Waals surface area contributed by atoms with Gasteiger partial charge in [0.05, 0.1) is 24.9 Å². The second-order valence-electron chi connectivity index (χ2n) is 10.9. The normalized spacial score (nSPS) is 12.6. The molecule has 3 aromatic rings. The Bertz CT molecular complexity index is 1750. The van der Waals surface area contributed by atoms with Gasteiger partial charge in [-0.05, 0) is 50.5 Å². The van der Waals surface area contributed by atoms with Crippen molar-refractivity contribution in [1.82, 2.24) is 41.2 Å². The zero-order valence-corrected chi connectivity index (χ0v) is 26.4. The lowest BCUT2D eigenvalue weighted by molar-refractivity contribution is -0.140. The van der Waals surface area contributed by atoms with Crippen molar-refractivity contribution in [2.45, 2.75) is 63.7 Å². The third-order valence-electron chi connectivity index (χ3n) is 6.92. The van der Waals surface area contributed by atoms with Crippen molar-refractivity contribution in [2.75, 3.05) is 17.6 Å². The molecule has 49 heavy (non-hydrogen) atoms. The molecule has 3 atom stereocenters. The van der Waals surface area contributed by atoms with Gasteiger partial charge in [-0.15, -0.1) is 0 Å². The van der Waals surface area contributed by atoms with Gasteiger partial charge >= 0.3 is 11.9 Å². The summed E-state index contributed by atoms with van der Waals surface area (Å²) in [7, 11) is 0. The number of nitrogens with zero attached hydrogens (tertiary/aromatic N) is 3. The van der Waals surface area contributed by atoms with E-state index in [2.05, 4.69) is 46.5 Å². The molecule has 13 N–H and O–H groups in total. The van der Waals surface area contributed by atoms with Crippen LogP contribution < -0.4 is 43.6 Å². The maximum atomic E-state index is 12.8. The number of benzene rings is 1. The zero-order chi connectivity index (χ0) is 36.1. The summed E-state index contributed by atoms with van der Waals surface area (Å²) in [6.45, 7) is 2.27. The highest BCUT2D eigenvalue weighted by atomic mass is 16.4. The number of hydrogen-bond donors (Lipinski definition) is 11. The average Bonchev–Trinajstić information content (AvgIpc) is 3.03. The van der Waals surface area contributed by atoms with Gasteiger partial charge in [-0.1, -0.05) is 0 Å². The third-order valence-corrected chi connectivity index (χ3v) is 6.92. The van der Waals surface area contributed by atoms with Crippen LogP contribution in [0.2, 0.25) is 0 Å². The van der Waals surface area contributed by atoms with Gasteiger partial charge in [-0.25, -0.2) is 14.8 Å². The smallest absolute Gasteiger partial charge is 0.326 e. The minimum atomic E-state index is -1.47. The molecule has 1 aromatic carbocycles. The number of amides is 3. The van der Waals surface area contributed by atoms with Gasteiger partial charge in [0.1, 0.15) is 12.1 Å². The fraction of sp³-hybridized carbons (Fsp3) is 0.379. The Labute approximate surface area is 278 Å². The molecule has 0 aliphatic rings. The summed E-state index contributed by atoms with van der Waals surface area (Å²) in [5.74, 6) is -5.24. The predicted molar refractivity (Wildman–Crippen MR) is 175 cm³/mol. The van der Waals surface area contributed by atoms with Crippen molar-refractivity contribution in [3.63, 3.8) is 0 Å². The van der Waals surface area contributed by atoms with Gasteiger partial charge in [0.2, 0.25) is 17.8 Å². The number of carbonyl (C=O) groups excluding carboxylic acids is 3. The van der Waals surface area contributed by atoms with E-state index in [0.29, 0.717) is 30.8 Å². The highest BCUT2D eigenvalue weighted by Gasteiger charge is 2.27. The molecule has 262 valence electrons. The number of fused-ring (bicyclic) bond motifs is 1. The lowest BCUT2D eigenvalue weighted by atomic mass is 10.1. The fourth-order valence-electron chi connectivity index (χ4n) is 4.46. The zero-order valence-electron chi connectivity index (χ0n) is 26.4. The molecule has 20 nitrogen and oxygen atoms in total. The number of nitrogens with two attached hydrogens (primary N) is 2. The summed E-state index contributed by atoms with van der Waals surface area (Å²) in [5.41, 5.74) is 11.5. The van der Waals surface area contributed by atoms with Crippen molar-refractivity contribution in [3.05, 3.63) is 52.1 Å². The largest absolute Gasteiger partial charge is 0.481 e. The van der Waals surface area contributed by atoms with Crippen LogP contribution in [0.3, 0.4) is 0 Å². The Morgan fingerprint density at radius 1 is 1.00 bits per heavy atom. The molecule has 20 heteroatoms.